The number of aliphatic carboxylic acids is 2. The van der Waals surface area contributed by atoms with Crippen molar-refractivity contribution in [2.24, 2.45) is 0 Å². The van der Waals surface area contributed by atoms with Gasteiger partial charge in [-0.25, -0.2) is 0 Å². The van der Waals surface area contributed by atoms with E-state index in [1.165, 1.54) is 0 Å². The van der Waals surface area contributed by atoms with Crippen molar-refractivity contribution in [2.75, 3.05) is 0 Å². The molecule has 0 radical (unpaired) electrons. The third-order valence-electron chi connectivity index (χ3n) is 0.355. The fourth-order valence-electron chi connectivity index (χ4n) is 0.136. The average Bonchev–Trinajstić information content (AvgIpc) is 1.85. The van der Waals surface area contributed by atoms with Gasteiger partial charge in [0.25, 0.3) is 0 Å². The number of hydrogen-bond donors (Lipinski definition) is 0. The van der Waals surface area contributed by atoms with Gasteiger partial charge >= 0.3 is 31.0 Å². The Bertz CT molecular complexity index is 137. The molecule has 11 heavy (non-hydrogen) atoms. The van der Waals surface area contributed by atoms with Crippen molar-refractivity contribution in [3.8, 4) is 0 Å². The molecule has 60 valence electrons. The van der Waals surface area contributed by atoms with E-state index in [1.807, 2.05) is 0 Å². The molecule has 0 aliphatic heterocycles. The van der Waals surface area contributed by atoms with Gasteiger partial charge in [-0.15, -0.1) is 0 Å². The second-order valence-electron chi connectivity index (χ2n) is 1.47. The topological polar surface area (TPSA) is 80.3 Å². The fourth-order valence-corrected chi connectivity index (χ4v) is 0.136. The molecule has 0 rings (SSSR count). The molecular weight excluding hydrogens is 255 g/mol. The third-order valence-corrected chi connectivity index (χ3v) is 0.355. The SMILES string of the molecule is O=C([O-])C=CC(=O)[O-].[CH3][Sn+2][CH3]. The van der Waals surface area contributed by atoms with Crippen molar-refractivity contribution in [1.29, 1.82) is 0 Å². The second-order valence-corrected chi connectivity index (χ2v) is 4.33. The van der Waals surface area contributed by atoms with Crippen LogP contribution in [-0.2, 0) is 9.59 Å². The van der Waals surface area contributed by atoms with E-state index in [9.17, 15) is 19.8 Å². The van der Waals surface area contributed by atoms with E-state index in [0.717, 1.165) is 0 Å². The number of carboxylic acid groups (broad SMARTS) is 2. The van der Waals surface area contributed by atoms with Crippen LogP contribution in [0.25, 0.3) is 0 Å². The Morgan fingerprint density at radius 3 is 1.36 bits per heavy atom. The van der Waals surface area contributed by atoms with Crippen LogP contribution in [0.1, 0.15) is 0 Å². The summed E-state index contributed by atoms with van der Waals surface area (Å²) < 4.78 is 0. The molecule has 0 amide bonds. The van der Waals surface area contributed by atoms with Crippen molar-refractivity contribution < 1.29 is 19.8 Å². The van der Waals surface area contributed by atoms with E-state index >= 15 is 0 Å². The minimum absolute atomic E-state index is 0.230. The molecule has 0 heterocycles. The number of hydrogen-bond acceptors (Lipinski definition) is 4. The monoisotopic (exact) mass is 264 g/mol. The molecule has 0 saturated heterocycles. The van der Waals surface area contributed by atoms with Gasteiger partial charge in [-0.05, 0) is 12.2 Å². The van der Waals surface area contributed by atoms with Crippen LogP contribution in [0.15, 0.2) is 12.2 Å². The minimum atomic E-state index is -1.55. The van der Waals surface area contributed by atoms with Crippen molar-refractivity contribution >= 4 is 33.1 Å². The molecule has 0 aliphatic carbocycles. The summed E-state index contributed by atoms with van der Waals surface area (Å²) in [4.78, 5) is 23.4. The van der Waals surface area contributed by atoms with Crippen LogP contribution in [0.2, 0.25) is 9.88 Å². The molecule has 0 aromatic rings. The Morgan fingerprint density at radius 1 is 1.09 bits per heavy atom. The summed E-state index contributed by atoms with van der Waals surface area (Å²) in [7, 11) is 0. The van der Waals surface area contributed by atoms with Gasteiger partial charge in [-0.2, -0.15) is 0 Å². The molecule has 0 atom stereocenters. The van der Waals surface area contributed by atoms with Crippen LogP contribution in [0.4, 0.5) is 0 Å². The summed E-state index contributed by atoms with van der Waals surface area (Å²) in [6, 6.07) is 0. The summed E-state index contributed by atoms with van der Waals surface area (Å²) in [5.41, 5.74) is 0. The standard InChI is InChI=1S/C4H4O4.2CH3.Sn/c5-3(6)1-2-4(7)8;;;/h1-2H,(H,5,6)(H,7,8);2*1H3;/q;;;+2/p-2. The van der Waals surface area contributed by atoms with Crippen molar-refractivity contribution in [1.82, 2.24) is 0 Å². The molecule has 0 N–H and O–H groups in total. The first-order valence-corrected chi connectivity index (χ1v) is 8.44. The van der Waals surface area contributed by atoms with Crippen LogP contribution < -0.4 is 10.2 Å². The van der Waals surface area contributed by atoms with Crippen LogP contribution in [-0.4, -0.2) is 33.1 Å². The van der Waals surface area contributed by atoms with Gasteiger partial charge in [-0.1, -0.05) is 0 Å². The number of carbonyl (C=O) groups is 2. The van der Waals surface area contributed by atoms with Gasteiger partial charge in [0.05, 0.1) is 11.9 Å². The Morgan fingerprint density at radius 2 is 1.27 bits per heavy atom. The fraction of sp³-hybridized carbons (Fsp3) is 0.333. The van der Waals surface area contributed by atoms with Crippen LogP contribution in [0, 0.1) is 0 Å². The maximum absolute atomic E-state index is 9.41. The predicted molar refractivity (Wildman–Crippen MR) is 36.6 cm³/mol. The van der Waals surface area contributed by atoms with Gasteiger partial charge in [0, 0.05) is 0 Å². The summed E-state index contributed by atoms with van der Waals surface area (Å²) in [5, 5.41) is 18.8. The van der Waals surface area contributed by atoms with E-state index in [0.29, 0.717) is 12.2 Å². The summed E-state index contributed by atoms with van der Waals surface area (Å²) in [5.74, 6) is -3.09. The van der Waals surface area contributed by atoms with Crippen molar-refractivity contribution in [3.05, 3.63) is 12.2 Å². The maximum atomic E-state index is 9.41. The molecule has 0 fully saturated rings. The second kappa shape index (κ2) is 9.48. The zero-order valence-corrected chi connectivity index (χ0v) is 9.14. The Labute approximate surface area is 75.1 Å². The quantitative estimate of drug-likeness (QED) is 0.419. The molecule has 0 aromatic carbocycles. The van der Waals surface area contributed by atoms with E-state index in [-0.39, 0.29) is 21.1 Å². The zero-order chi connectivity index (χ0) is 9.28. The molecular formula is C6H8O4Sn. The normalized spacial score (nSPS) is 7.82. The van der Waals surface area contributed by atoms with E-state index < -0.39 is 11.9 Å². The number of carbonyl (C=O) groups excluding carboxylic acids is 2. The summed E-state index contributed by atoms with van der Waals surface area (Å²) in [6.07, 6.45) is 0.769. The molecule has 0 aliphatic rings. The van der Waals surface area contributed by atoms with Gasteiger partial charge in [0.15, 0.2) is 0 Å². The third kappa shape index (κ3) is 26.4. The Hall–Kier alpha value is -0.521. The van der Waals surface area contributed by atoms with Crippen LogP contribution >= 0.6 is 0 Å². The predicted octanol–water partition coefficient (Wildman–Crippen LogP) is -2.17. The molecule has 0 spiro atoms. The first-order valence-electron chi connectivity index (χ1n) is 2.73. The van der Waals surface area contributed by atoms with Crippen LogP contribution in [0.5, 0.6) is 0 Å². The first kappa shape index (κ1) is 13.1. The number of rotatable bonds is 2. The van der Waals surface area contributed by atoms with E-state index in [4.69, 9.17) is 0 Å². The first-order chi connectivity index (χ1) is 5.04. The van der Waals surface area contributed by atoms with Gasteiger partial charge in [-0.3, -0.25) is 0 Å². The Balaban J connectivity index is 0. The zero-order valence-electron chi connectivity index (χ0n) is 6.29. The molecule has 0 bridgehead atoms. The Kier molecular flexibility index (Phi) is 11.3. The van der Waals surface area contributed by atoms with Crippen LogP contribution in [0.3, 0.4) is 0 Å². The van der Waals surface area contributed by atoms with Gasteiger partial charge in [0.2, 0.25) is 0 Å². The van der Waals surface area contributed by atoms with E-state index in [2.05, 4.69) is 9.88 Å². The van der Waals surface area contributed by atoms with Crippen molar-refractivity contribution in [2.45, 2.75) is 9.88 Å². The molecule has 0 aromatic heterocycles. The summed E-state index contributed by atoms with van der Waals surface area (Å²) >= 11 is 0.230. The summed E-state index contributed by atoms with van der Waals surface area (Å²) in [6.45, 7) is 0. The number of carboxylic acids is 2. The molecule has 4 nitrogen and oxygen atoms in total. The molecule has 0 unspecified atom stereocenters. The molecule has 5 heteroatoms. The molecule has 0 saturated carbocycles. The average molecular weight is 263 g/mol. The van der Waals surface area contributed by atoms with Crippen molar-refractivity contribution in [3.63, 3.8) is 0 Å². The van der Waals surface area contributed by atoms with E-state index in [1.54, 1.807) is 0 Å². The van der Waals surface area contributed by atoms with Gasteiger partial charge < -0.3 is 19.8 Å². The van der Waals surface area contributed by atoms with Gasteiger partial charge in [0.1, 0.15) is 0 Å².